The summed E-state index contributed by atoms with van der Waals surface area (Å²) in [5.41, 5.74) is 8.86. The molecule has 2 atom stereocenters. The van der Waals surface area contributed by atoms with E-state index in [0.29, 0.717) is 0 Å². The molecule has 94 valence electrons. The molecule has 2 aromatic rings. The van der Waals surface area contributed by atoms with Crippen LogP contribution in [0.2, 0.25) is 0 Å². The fraction of sp³-hybridized carbons (Fsp3) is 0.357. The maximum absolute atomic E-state index is 6.37. The molecule has 0 saturated heterocycles. The summed E-state index contributed by atoms with van der Waals surface area (Å²) in [6.45, 7) is 2.01. The second kappa shape index (κ2) is 4.14. The van der Waals surface area contributed by atoms with E-state index in [-0.39, 0.29) is 12.1 Å². The molecule has 3 rings (SSSR count). The van der Waals surface area contributed by atoms with Gasteiger partial charge in [0.15, 0.2) is 0 Å². The number of hydrogen-bond donors (Lipinski definition) is 1. The van der Waals surface area contributed by atoms with Crippen LogP contribution in [0.5, 0.6) is 5.75 Å². The van der Waals surface area contributed by atoms with E-state index in [1.54, 1.807) is 7.11 Å². The van der Waals surface area contributed by atoms with E-state index in [1.807, 2.05) is 31.5 Å². The molecule has 0 amide bonds. The van der Waals surface area contributed by atoms with Crippen molar-refractivity contribution in [2.75, 3.05) is 7.11 Å². The topological polar surface area (TPSA) is 53.1 Å². The zero-order valence-electron chi connectivity index (χ0n) is 10.6. The number of benzene rings is 1. The monoisotopic (exact) mass is 243 g/mol. The van der Waals surface area contributed by atoms with Gasteiger partial charge in [-0.2, -0.15) is 0 Å². The van der Waals surface area contributed by atoms with E-state index < -0.39 is 0 Å². The first-order valence-corrected chi connectivity index (χ1v) is 6.12. The van der Waals surface area contributed by atoms with Crippen molar-refractivity contribution in [2.24, 2.45) is 5.73 Å². The van der Waals surface area contributed by atoms with Gasteiger partial charge in [0.05, 0.1) is 19.2 Å². The third kappa shape index (κ3) is 1.61. The van der Waals surface area contributed by atoms with Crippen molar-refractivity contribution in [3.8, 4) is 5.75 Å². The average molecular weight is 243 g/mol. The van der Waals surface area contributed by atoms with E-state index in [0.717, 1.165) is 18.0 Å². The Kier molecular flexibility index (Phi) is 2.59. The van der Waals surface area contributed by atoms with Crippen LogP contribution in [-0.4, -0.2) is 16.7 Å². The molecule has 4 nitrogen and oxygen atoms in total. The molecule has 1 heterocycles. The highest BCUT2D eigenvalue weighted by Gasteiger charge is 2.31. The number of ether oxygens (including phenoxy) is 1. The lowest BCUT2D eigenvalue weighted by molar-refractivity contribution is 0.412. The fourth-order valence-corrected chi connectivity index (χ4v) is 2.77. The number of rotatable bonds is 2. The van der Waals surface area contributed by atoms with Gasteiger partial charge in [0, 0.05) is 12.4 Å². The van der Waals surface area contributed by atoms with Crippen LogP contribution in [0.4, 0.5) is 0 Å². The first kappa shape index (κ1) is 11.3. The van der Waals surface area contributed by atoms with Crippen LogP contribution in [0, 0.1) is 6.92 Å². The molecule has 1 aromatic carbocycles. The molecule has 1 aliphatic rings. The van der Waals surface area contributed by atoms with Crippen molar-refractivity contribution in [2.45, 2.75) is 25.4 Å². The predicted molar refractivity (Wildman–Crippen MR) is 69.6 cm³/mol. The SMILES string of the molecule is COc1ccc2c(c1)C(N)C(n1ccnc1C)C2. The number of hydrogen-bond acceptors (Lipinski definition) is 3. The first-order chi connectivity index (χ1) is 8.70. The van der Waals surface area contributed by atoms with Gasteiger partial charge in [0.25, 0.3) is 0 Å². The molecule has 0 saturated carbocycles. The van der Waals surface area contributed by atoms with Gasteiger partial charge < -0.3 is 15.0 Å². The van der Waals surface area contributed by atoms with Crippen molar-refractivity contribution >= 4 is 0 Å². The van der Waals surface area contributed by atoms with E-state index >= 15 is 0 Å². The van der Waals surface area contributed by atoms with E-state index in [4.69, 9.17) is 10.5 Å². The van der Waals surface area contributed by atoms with Crippen LogP contribution >= 0.6 is 0 Å². The second-order valence-electron chi connectivity index (χ2n) is 4.74. The largest absolute Gasteiger partial charge is 0.497 e. The van der Waals surface area contributed by atoms with Crippen LogP contribution < -0.4 is 10.5 Å². The number of methoxy groups -OCH3 is 1. The van der Waals surface area contributed by atoms with Crippen LogP contribution in [0.1, 0.15) is 29.0 Å². The third-order valence-corrected chi connectivity index (χ3v) is 3.78. The lowest BCUT2D eigenvalue weighted by Gasteiger charge is -2.19. The summed E-state index contributed by atoms with van der Waals surface area (Å²) in [5.74, 6) is 1.88. The first-order valence-electron chi connectivity index (χ1n) is 6.12. The summed E-state index contributed by atoms with van der Waals surface area (Å²) in [6, 6.07) is 6.42. The van der Waals surface area contributed by atoms with Gasteiger partial charge in [0.1, 0.15) is 11.6 Å². The Morgan fingerprint density at radius 3 is 2.94 bits per heavy atom. The van der Waals surface area contributed by atoms with Crippen LogP contribution in [0.3, 0.4) is 0 Å². The third-order valence-electron chi connectivity index (χ3n) is 3.78. The summed E-state index contributed by atoms with van der Waals surface area (Å²) < 4.78 is 7.43. The molecule has 0 aliphatic heterocycles. The highest BCUT2D eigenvalue weighted by Crippen LogP contribution is 2.39. The zero-order chi connectivity index (χ0) is 12.7. The number of aromatic nitrogens is 2. The van der Waals surface area contributed by atoms with Gasteiger partial charge in [-0.3, -0.25) is 0 Å². The number of fused-ring (bicyclic) bond motifs is 1. The van der Waals surface area contributed by atoms with Gasteiger partial charge in [-0.15, -0.1) is 0 Å². The quantitative estimate of drug-likeness (QED) is 0.877. The molecule has 18 heavy (non-hydrogen) atoms. The minimum atomic E-state index is 0.00278. The molecule has 1 aromatic heterocycles. The van der Waals surface area contributed by atoms with Crippen molar-refractivity contribution in [3.05, 3.63) is 47.5 Å². The Hall–Kier alpha value is -1.81. The molecule has 0 spiro atoms. The molecule has 0 bridgehead atoms. The van der Waals surface area contributed by atoms with Crippen LogP contribution in [-0.2, 0) is 6.42 Å². The van der Waals surface area contributed by atoms with Gasteiger partial charge >= 0.3 is 0 Å². The number of nitrogens with two attached hydrogens (primary N) is 1. The summed E-state index contributed by atoms with van der Waals surface area (Å²) in [4.78, 5) is 4.27. The molecule has 1 aliphatic carbocycles. The second-order valence-corrected chi connectivity index (χ2v) is 4.74. The Bertz CT molecular complexity index is 576. The van der Waals surface area contributed by atoms with E-state index in [1.165, 1.54) is 11.1 Å². The molecular formula is C14H17N3O. The van der Waals surface area contributed by atoms with Crippen LogP contribution in [0.15, 0.2) is 30.6 Å². The van der Waals surface area contributed by atoms with Crippen molar-refractivity contribution in [1.29, 1.82) is 0 Å². The molecular weight excluding hydrogens is 226 g/mol. The predicted octanol–water partition coefficient (Wildman–Crippen LogP) is 2.00. The number of nitrogens with zero attached hydrogens (tertiary/aromatic N) is 2. The lowest BCUT2D eigenvalue weighted by atomic mass is 10.1. The van der Waals surface area contributed by atoms with E-state index in [9.17, 15) is 0 Å². The molecule has 2 unspecified atom stereocenters. The molecule has 2 N–H and O–H groups in total. The highest BCUT2D eigenvalue weighted by molar-refractivity contribution is 5.42. The minimum absolute atomic E-state index is 0.00278. The Morgan fingerprint density at radius 2 is 2.28 bits per heavy atom. The normalized spacial score (nSPS) is 21.9. The van der Waals surface area contributed by atoms with Crippen molar-refractivity contribution < 1.29 is 4.74 Å². The zero-order valence-corrected chi connectivity index (χ0v) is 10.6. The Balaban J connectivity index is 1.99. The van der Waals surface area contributed by atoms with Crippen LogP contribution in [0.25, 0.3) is 0 Å². The van der Waals surface area contributed by atoms with Gasteiger partial charge in [-0.05, 0) is 36.6 Å². The maximum Gasteiger partial charge on any atom is 0.119 e. The van der Waals surface area contributed by atoms with Gasteiger partial charge in [-0.1, -0.05) is 6.07 Å². The van der Waals surface area contributed by atoms with Crippen molar-refractivity contribution in [3.63, 3.8) is 0 Å². The molecule has 0 radical (unpaired) electrons. The average Bonchev–Trinajstić information content (AvgIpc) is 2.93. The maximum atomic E-state index is 6.37. The fourth-order valence-electron chi connectivity index (χ4n) is 2.77. The summed E-state index contributed by atoms with van der Waals surface area (Å²) >= 11 is 0. The van der Waals surface area contributed by atoms with Crippen molar-refractivity contribution in [1.82, 2.24) is 9.55 Å². The Morgan fingerprint density at radius 1 is 1.44 bits per heavy atom. The summed E-state index contributed by atoms with van der Waals surface area (Å²) in [7, 11) is 1.68. The van der Waals surface area contributed by atoms with Gasteiger partial charge in [-0.25, -0.2) is 4.98 Å². The summed E-state index contributed by atoms with van der Waals surface area (Å²) in [6.07, 6.45) is 4.78. The highest BCUT2D eigenvalue weighted by atomic mass is 16.5. The number of imidazole rings is 1. The summed E-state index contributed by atoms with van der Waals surface area (Å²) in [5, 5.41) is 0. The number of aryl methyl sites for hydroxylation is 1. The van der Waals surface area contributed by atoms with E-state index in [2.05, 4.69) is 15.6 Å². The molecule has 0 fully saturated rings. The standard InChI is InChI=1S/C14H17N3O/c1-9-16-5-6-17(9)13-7-10-3-4-11(18-2)8-12(10)14(13)15/h3-6,8,13-14H,7,15H2,1-2H3. The smallest absolute Gasteiger partial charge is 0.119 e. The minimum Gasteiger partial charge on any atom is -0.497 e. The Labute approximate surface area is 106 Å². The van der Waals surface area contributed by atoms with Gasteiger partial charge in [0.2, 0.25) is 0 Å². The lowest BCUT2D eigenvalue weighted by Crippen LogP contribution is -2.21. The molecule has 4 heteroatoms.